The number of aliphatic hydroxyl groups is 1. The lowest BCUT2D eigenvalue weighted by Gasteiger charge is -2.42. The van der Waals surface area contributed by atoms with Crippen LogP contribution in [0.4, 0.5) is 11.6 Å². The predicted octanol–water partition coefficient (Wildman–Crippen LogP) is 0.613. The van der Waals surface area contributed by atoms with Crippen LogP contribution < -0.4 is 4.90 Å². The van der Waals surface area contributed by atoms with Gasteiger partial charge in [-0.3, -0.25) is 4.57 Å². The molecule has 0 radical (unpaired) electrons. The average molecular weight is 284 g/mol. The quantitative estimate of drug-likeness (QED) is 0.645. The molecule has 0 saturated carbocycles. The molecule has 1 fully saturated rings. The molecule has 2 rings (SSSR count). The Hall–Kier alpha value is -1.67. The van der Waals surface area contributed by atoms with Crippen LogP contribution in [0.25, 0.3) is 0 Å². The molecule has 8 nitrogen and oxygen atoms in total. The number of aromatic nitrogens is 2. The van der Waals surface area contributed by atoms with E-state index in [1.807, 2.05) is 18.7 Å². The van der Waals surface area contributed by atoms with Crippen LogP contribution in [0, 0.1) is 17.0 Å². The van der Waals surface area contributed by atoms with Crippen LogP contribution in [0.1, 0.15) is 19.7 Å². The first kappa shape index (κ1) is 14.7. The summed E-state index contributed by atoms with van der Waals surface area (Å²) in [5, 5.41) is 20.5. The second-order valence-electron chi connectivity index (χ2n) is 5.69. The molecule has 1 aliphatic rings. The van der Waals surface area contributed by atoms with E-state index in [0.717, 1.165) is 0 Å². The second-order valence-corrected chi connectivity index (χ2v) is 5.69. The maximum atomic E-state index is 11.2. The Bertz CT molecular complexity index is 526. The summed E-state index contributed by atoms with van der Waals surface area (Å²) in [6.45, 7) is 6.31. The van der Waals surface area contributed by atoms with Gasteiger partial charge in [0.2, 0.25) is 11.6 Å². The highest BCUT2D eigenvalue weighted by molar-refractivity contribution is 5.56. The minimum absolute atomic E-state index is 0.120. The summed E-state index contributed by atoms with van der Waals surface area (Å²) in [5.41, 5.74) is -0.488. The zero-order valence-electron chi connectivity index (χ0n) is 12.2. The average Bonchev–Trinajstić information content (AvgIpc) is 2.64. The number of rotatable bonds is 3. The molecule has 20 heavy (non-hydrogen) atoms. The molecule has 0 aromatic carbocycles. The van der Waals surface area contributed by atoms with E-state index in [9.17, 15) is 15.2 Å². The molecule has 0 amide bonds. The van der Waals surface area contributed by atoms with Crippen molar-refractivity contribution < 1.29 is 14.8 Å². The van der Waals surface area contributed by atoms with Gasteiger partial charge < -0.3 is 24.9 Å². The van der Waals surface area contributed by atoms with Crippen molar-refractivity contribution in [1.29, 1.82) is 0 Å². The van der Waals surface area contributed by atoms with E-state index in [2.05, 4.69) is 4.98 Å². The van der Waals surface area contributed by atoms with Crippen molar-refractivity contribution in [3.63, 3.8) is 0 Å². The lowest BCUT2D eigenvalue weighted by molar-refractivity contribution is -0.388. The molecule has 1 aliphatic heterocycles. The Labute approximate surface area is 117 Å². The Morgan fingerprint density at radius 1 is 1.60 bits per heavy atom. The molecule has 0 aliphatic carbocycles. The Morgan fingerprint density at radius 2 is 2.25 bits per heavy atom. The first-order chi connectivity index (χ1) is 9.25. The van der Waals surface area contributed by atoms with Gasteiger partial charge >= 0.3 is 5.82 Å². The van der Waals surface area contributed by atoms with Gasteiger partial charge in [-0.25, -0.2) is 0 Å². The minimum Gasteiger partial charge on any atom is -0.394 e. The highest BCUT2D eigenvalue weighted by Gasteiger charge is 2.38. The minimum atomic E-state index is -0.488. The first-order valence-corrected chi connectivity index (χ1v) is 6.46. The normalized spacial score (nSPS) is 22.1. The maximum absolute atomic E-state index is 11.2. The lowest BCUT2D eigenvalue weighted by Crippen LogP contribution is -2.54. The lowest BCUT2D eigenvalue weighted by atomic mass is 10.1. The number of morpholine rings is 1. The van der Waals surface area contributed by atoms with Gasteiger partial charge in [-0.1, -0.05) is 0 Å². The van der Waals surface area contributed by atoms with Crippen molar-refractivity contribution in [3.8, 4) is 0 Å². The molecule has 2 heterocycles. The topological polar surface area (TPSA) is 93.7 Å². The largest absolute Gasteiger partial charge is 0.406 e. The van der Waals surface area contributed by atoms with E-state index in [1.165, 1.54) is 0 Å². The number of aryl methyl sites for hydroxylation is 1. The van der Waals surface area contributed by atoms with Gasteiger partial charge in [0.15, 0.2) is 0 Å². The molecule has 1 saturated heterocycles. The Kier molecular flexibility index (Phi) is 3.70. The molecule has 1 unspecified atom stereocenters. The third kappa shape index (κ3) is 2.61. The van der Waals surface area contributed by atoms with Crippen LogP contribution in [0.5, 0.6) is 0 Å². The zero-order chi connectivity index (χ0) is 15.1. The molecule has 0 bridgehead atoms. The van der Waals surface area contributed by atoms with Crippen molar-refractivity contribution in [2.75, 3.05) is 24.6 Å². The standard InChI is InChI=1S/C12H20N4O4/c1-8-13-10(16(18)19)11(14(8)4)15-5-9(6-17)20-12(2,3)7-15/h9,17H,5-7H2,1-4H3. The van der Waals surface area contributed by atoms with Gasteiger partial charge in [0.1, 0.15) is 0 Å². The number of nitro groups is 1. The number of hydrogen-bond donors (Lipinski definition) is 1. The first-order valence-electron chi connectivity index (χ1n) is 6.46. The Balaban J connectivity index is 2.42. The highest BCUT2D eigenvalue weighted by Crippen LogP contribution is 2.32. The van der Waals surface area contributed by atoms with Crippen LogP contribution in [-0.4, -0.2) is 51.0 Å². The summed E-state index contributed by atoms with van der Waals surface area (Å²) >= 11 is 0. The smallest absolute Gasteiger partial charge is 0.394 e. The number of ether oxygens (including phenoxy) is 1. The molecule has 1 N–H and O–H groups in total. The van der Waals surface area contributed by atoms with Gasteiger partial charge in [-0.05, 0) is 23.8 Å². The molecule has 1 aromatic heterocycles. The summed E-state index contributed by atoms with van der Waals surface area (Å²) in [6, 6.07) is 0. The van der Waals surface area contributed by atoms with Gasteiger partial charge in [0.05, 0.1) is 18.3 Å². The van der Waals surface area contributed by atoms with Gasteiger partial charge in [0.25, 0.3) is 0 Å². The molecule has 8 heteroatoms. The number of hydrogen-bond acceptors (Lipinski definition) is 6. The number of anilines is 1. The summed E-state index contributed by atoms with van der Waals surface area (Å²) in [7, 11) is 1.75. The summed E-state index contributed by atoms with van der Waals surface area (Å²) < 4.78 is 7.43. The highest BCUT2D eigenvalue weighted by atomic mass is 16.6. The Morgan fingerprint density at radius 3 is 2.80 bits per heavy atom. The van der Waals surface area contributed by atoms with Crippen LogP contribution in [0.3, 0.4) is 0 Å². The van der Waals surface area contributed by atoms with Gasteiger partial charge in [-0.2, -0.15) is 0 Å². The molecule has 0 spiro atoms. The second kappa shape index (κ2) is 5.02. The van der Waals surface area contributed by atoms with E-state index in [1.54, 1.807) is 18.5 Å². The molecule has 112 valence electrons. The molecule has 1 atom stereocenters. The third-order valence-electron chi connectivity index (χ3n) is 3.43. The fraction of sp³-hybridized carbons (Fsp3) is 0.750. The zero-order valence-corrected chi connectivity index (χ0v) is 12.2. The summed E-state index contributed by atoms with van der Waals surface area (Å²) in [4.78, 5) is 16.6. The van der Waals surface area contributed by atoms with Crippen LogP contribution in [0.2, 0.25) is 0 Å². The van der Waals surface area contributed by atoms with E-state index in [0.29, 0.717) is 24.7 Å². The third-order valence-corrected chi connectivity index (χ3v) is 3.43. The molecular formula is C12H20N4O4. The van der Waals surface area contributed by atoms with Crippen molar-refractivity contribution in [3.05, 3.63) is 15.9 Å². The van der Waals surface area contributed by atoms with E-state index < -0.39 is 10.5 Å². The molecular weight excluding hydrogens is 264 g/mol. The van der Waals surface area contributed by atoms with Crippen LogP contribution >= 0.6 is 0 Å². The SMILES string of the molecule is Cc1nc([N+](=O)[O-])c(N2CC(CO)OC(C)(C)C2)n1C. The van der Waals surface area contributed by atoms with Crippen molar-refractivity contribution in [2.45, 2.75) is 32.5 Å². The summed E-state index contributed by atoms with van der Waals surface area (Å²) in [6.07, 6.45) is -0.367. The number of nitrogens with zero attached hydrogens (tertiary/aromatic N) is 4. The number of imidazole rings is 1. The van der Waals surface area contributed by atoms with Crippen LogP contribution in [0.15, 0.2) is 0 Å². The van der Waals surface area contributed by atoms with Crippen LogP contribution in [-0.2, 0) is 11.8 Å². The monoisotopic (exact) mass is 284 g/mol. The van der Waals surface area contributed by atoms with Gasteiger partial charge in [-0.15, -0.1) is 0 Å². The van der Waals surface area contributed by atoms with Gasteiger partial charge in [0, 0.05) is 27.1 Å². The fourth-order valence-corrected chi connectivity index (χ4v) is 2.61. The van der Waals surface area contributed by atoms with Crippen molar-refractivity contribution in [1.82, 2.24) is 9.55 Å². The maximum Gasteiger partial charge on any atom is 0.406 e. The predicted molar refractivity (Wildman–Crippen MR) is 72.9 cm³/mol. The van der Waals surface area contributed by atoms with Crippen molar-refractivity contribution in [2.24, 2.45) is 7.05 Å². The number of aliphatic hydroxyl groups excluding tert-OH is 1. The molecule has 1 aromatic rings. The summed E-state index contributed by atoms with van der Waals surface area (Å²) in [5.74, 6) is 0.887. The van der Waals surface area contributed by atoms with E-state index >= 15 is 0 Å². The fourth-order valence-electron chi connectivity index (χ4n) is 2.61. The van der Waals surface area contributed by atoms with E-state index in [4.69, 9.17) is 4.74 Å². The van der Waals surface area contributed by atoms with Crippen molar-refractivity contribution >= 4 is 11.6 Å². The van der Waals surface area contributed by atoms with E-state index in [-0.39, 0.29) is 18.5 Å².